The molecule has 0 radical (unpaired) electrons. The number of nitrogens with two attached hydrogens (primary N) is 1. The van der Waals surface area contributed by atoms with Crippen LogP contribution in [0.2, 0.25) is 0 Å². The lowest BCUT2D eigenvalue weighted by molar-refractivity contribution is -0.0435. The van der Waals surface area contributed by atoms with E-state index in [4.69, 9.17) is 20.3 Å². The highest BCUT2D eigenvalue weighted by atomic mass is 31.2. The molecule has 6 N–H and O–H groups in total. The van der Waals surface area contributed by atoms with Gasteiger partial charge in [0, 0.05) is 0 Å². The number of rotatable bonds is 4. The third-order valence-electron chi connectivity index (χ3n) is 3.57. The molecule has 0 aliphatic carbocycles. The Morgan fingerprint density at radius 2 is 2.04 bits per heavy atom. The molecule has 1 aliphatic heterocycles. The van der Waals surface area contributed by atoms with Gasteiger partial charge in [0.25, 0.3) is 0 Å². The van der Waals surface area contributed by atoms with E-state index in [1.807, 2.05) is 0 Å². The van der Waals surface area contributed by atoms with Gasteiger partial charge in [-0.2, -0.15) is 4.68 Å². The van der Waals surface area contributed by atoms with Crippen molar-refractivity contribution in [1.29, 1.82) is 0 Å². The zero-order valence-electron chi connectivity index (χ0n) is 11.7. The van der Waals surface area contributed by atoms with Gasteiger partial charge >= 0.3 is 7.60 Å². The molecule has 0 bridgehead atoms. The number of aromatic nitrogens is 5. The molecule has 13 heteroatoms. The number of aliphatic hydroxyl groups excluding tert-OH is 2. The molecule has 4 atom stereocenters. The monoisotopic (exact) mass is 346 g/mol. The maximum absolute atomic E-state index is 10.9. The van der Waals surface area contributed by atoms with Crippen LogP contribution in [0.4, 0.5) is 5.82 Å². The third-order valence-corrected chi connectivity index (χ3v) is 4.41. The second kappa shape index (κ2) is 5.74. The lowest BCUT2D eigenvalue weighted by Gasteiger charge is -2.14. The molecule has 0 aromatic carbocycles. The van der Waals surface area contributed by atoms with Crippen LogP contribution in [-0.4, -0.2) is 69.4 Å². The van der Waals surface area contributed by atoms with E-state index in [2.05, 4.69) is 20.3 Å². The fourth-order valence-corrected chi connectivity index (χ4v) is 3.01. The highest BCUT2D eigenvalue weighted by molar-refractivity contribution is 7.51. The first kappa shape index (κ1) is 16.2. The van der Waals surface area contributed by atoms with Crippen LogP contribution in [-0.2, 0) is 9.30 Å². The van der Waals surface area contributed by atoms with Gasteiger partial charge in [-0.3, -0.25) is 4.57 Å². The molecular formula is C10H15N6O6P. The maximum atomic E-state index is 10.9. The summed E-state index contributed by atoms with van der Waals surface area (Å²) in [6.07, 6.45) is -4.15. The number of nitrogens with zero attached hydrogens (tertiary/aromatic N) is 5. The summed E-state index contributed by atoms with van der Waals surface area (Å²) in [5.41, 5.74) is 6.08. The van der Waals surface area contributed by atoms with Gasteiger partial charge in [-0.1, -0.05) is 5.21 Å². The first-order valence-electron chi connectivity index (χ1n) is 6.65. The first-order valence-corrected chi connectivity index (χ1v) is 8.45. The first-order chi connectivity index (χ1) is 10.8. The van der Waals surface area contributed by atoms with Crippen molar-refractivity contribution in [1.82, 2.24) is 25.0 Å². The van der Waals surface area contributed by atoms with Gasteiger partial charge in [-0.05, 0) is 6.42 Å². The van der Waals surface area contributed by atoms with E-state index in [1.165, 1.54) is 6.33 Å². The number of aliphatic hydroxyl groups is 2. The molecule has 2 aromatic heterocycles. The molecular weight excluding hydrogens is 331 g/mol. The Labute approximate surface area is 129 Å². The average Bonchev–Trinajstić information content (AvgIpc) is 3.01. The van der Waals surface area contributed by atoms with Crippen LogP contribution < -0.4 is 5.73 Å². The fraction of sp³-hybridized carbons (Fsp3) is 0.600. The molecule has 0 saturated carbocycles. The van der Waals surface area contributed by atoms with E-state index in [1.54, 1.807) is 0 Å². The summed E-state index contributed by atoms with van der Waals surface area (Å²) in [6.45, 7) is 0. The van der Waals surface area contributed by atoms with Crippen LogP contribution in [0.5, 0.6) is 0 Å². The number of ether oxygens (including phenoxy) is 1. The van der Waals surface area contributed by atoms with Gasteiger partial charge in [-0.15, -0.1) is 5.10 Å². The zero-order valence-corrected chi connectivity index (χ0v) is 12.6. The van der Waals surface area contributed by atoms with E-state index in [0.29, 0.717) is 0 Å². The van der Waals surface area contributed by atoms with Crippen molar-refractivity contribution in [3.63, 3.8) is 0 Å². The van der Waals surface area contributed by atoms with Crippen molar-refractivity contribution in [2.75, 3.05) is 11.9 Å². The van der Waals surface area contributed by atoms with Gasteiger partial charge in [0.2, 0.25) is 0 Å². The lowest BCUT2D eigenvalue weighted by atomic mass is 10.1. The smallest absolute Gasteiger partial charge is 0.325 e. The summed E-state index contributed by atoms with van der Waals surface area (Å²) in [4.78, 5) is 25.5. The summed E-state index contributed by atoms with van der Waals surface area (Å²) >= 11 is 0. The molecule has 126 valence electrons. The normalized spacial score (nSPS) is 28.5. The van der Waals surface area contributed by atoms with Crippen molar-refractivity contribution < 1.29 is 29.3 Å². The van der Waals surface area contributed by atoms with Crippen LogP contribution in [0.25, 0.3) is 11.2 Å². The quantitative estimate of drug-likeness (QED) is 0.384. The zero-order chi connectivity index (χ0) is 16.8. The second-order valence-electron chi connectivity index (χ2n) is 5.19. The average molecular weight is 346 g/mol. The lowest BCUT2D eigenvalue weighted by Crippen LogP contribution is -2.32. The van der Waals surface area contributed by atoms with Gasteiger partial charge in [-0.25, -0.2) is 9.97 Å². The number of fused-ring (bicyclic) bond motifs is 1. The molecule has 1 saturated heterocycles. The van der Waals surface area contributed by atoms with Crippen LogP contribution in [0.3, 0.4) is 0 Å². The van der Waals surface area contributed by atoms with Crippen molar-refractivity contribution in [3.05, 3.63) is 6.33 Å². The van der Waals surface area contributed by atoms with E-state index < -0.39 is 38.3 Å². The van der Waals surface area contributed by atoms with E-state index in [0.717, 1.165) is 4.68 Å². The predicted molar refractivity (Wildman–Crippen MR) is 75.0 cm³/mol. The maximum Gasteiger partial charge on any atom is 0.325 e. The Bertz CT molecular complexity index is 763. The van der Waals surface area contributed by atoms with Crippen molar-refractivity contribution >= 4 is 24.6 Å². The van der Waals surface area contributed by atoms with Gasteiger partial charge < -0.3 is 30.5 Å². The van der Waals surface area contributed by atoms with Gasteiger partial charge in [0.1, 0.15) is 18.5 Å². The van der Waals surface area contributed by atoms with E-state index in [-0.39, 0.29) is 23.4 Å². The molecule has 23 heavy (non-hydrogen) atoms. The molecule has 1 aliphatic rings. The minimum atomic E-state index is -4.23. The highest BCUT2D eigenvalue weighted by Gasteiger charge is 2.45. The van der Waals surface area contributed by atoms with Crippen molar-refractivity contribution in [2.24, 2.45) is 0 Å². The SMILES string of the molecule is Nc1ncnc2c1nnn2C1OC(CCP(=O)(O)O)C(O)C1O. The van der Waals surface area contributed by atoms with Gasteiger partial charge in [0.15, 0.2) is 23.2 Å². The van der Waals surface area contributed by atoms with Crippen LogP contribution in [0.15, 0.2) is 6.33 Å². The summed E-state index contributed by atoms with van der Waals surface area (Å²) < 4.78 is 17.6. The Hall–Kier alpha value is -1.69. The standard InChI is InChI=1S/C10H15N6O6P/c11-8-5-9(13-3-12-8)16(15-14-5)10-7(18)6(17)4(22-10)1-2-23(19,20)21/h3-4,6-7,10,17-18H,1-2H2,(H2,11,12,13)(H2,19,20,21). The number of nitrogen functional groups attached to an aromatic ring is 1. The van der Waals surface area contributed by atoms with Gasteiger partial charge in [0.05, 0.1) is 12.3 Å². The molecule has 0 spiro atoms. The Morgan fingerprint density at radius 3 is 2.74 bits per heavy atom. The second-order valence-corrected chi connectivity index (χ2v) is 6.96. The van der Waals surface area contributed by atoms with Crippen LogP contribution in [0, 0.1) is 0 Å². The Kier molecular flexibility index (Phi) is 4.04. The molecule has 1 fully saturated rings. The minimum absolute atomic E-state index is 0.104. The summed E-state index contributed by atoms with van der Waals surface area (Å²) in [7, 11) is -4.23. The van der Waals surface area contributed by atoms with Crippen LogP contribution in [0.1, 0.15) is 12.6 Å². The molecule has 4 unspecified atom stereocenters. The number of hydrogen-bond donors (Lipinski definition) is 5. The highest BCUT2D eigenvalue weighted by Crippen LogP contribution is 2.39. The molecule has 12 nitrogen and oxygen atoms in total. The predicted octanol–water partition coefficient (Wildman–Crippen LogP) is -2.01. The molecule has 3 rings (SSSR count). The molecule has 0 amide bonds. The number of anilines is 1. The van der Waals surface area contributed by atoms with E-state index in [9.17, 15) is 14.8 Å². The summed E-state index contributed by atoms with van der Waals surface area (Å²) in [5.74, 6) is 0.104. The van der Waals surface area contributed by atoms with Crippen molar-refractivity contribution in [3.8, 4) is 0 Å². The van der Waals surface area contributed by atoms with Crippen LogP contribution >= 0.6 is 7.60 Å². The minimum Gasteiger partial charge on any atom is -0.388 e. The topological polar surface area (TPSA) is 190 Å². The molecule has 3 heterocycles. The third kappa shape index (κ3) is 3.04. The summed E-state index contributed by atoms with van der Waals surface area (Å²) in [6, 6.07) is 0. The van der Waals surface area contributed by atoms with E-state index >= 15 is 0 Å². The molecule has 2 aromatic rings. The Balaban J connectivity index is 1.85. The van der Waals surface area contributed by atoms with Crippen molar-refractivity contribution in [2.45, 2.75) is 31.0 Å². The fourth-order valence-electron chi connectivity index (χ4n) is 2.42. The Morgan fingerprint density at radius 1 is 1.30 bits per heavy atom. The largest absolute Gasteiger partial charge is 0.388 e. The summed E-state index contributed by atoms with van der Waals surface area (Å²) in [5, 5.41) is 27.7. The number of hydrogen-bond acceptors (Lipinski definition) is 9.